The Kier molecular flexibility index (Phi) is 5.22. The van der Waals surface area contributed by atoms with E-state index < -0.39 is 0 Å². The van der Waals surface area contributed by atoms with Crippen LogP contribution in [0.25, 0.3) is 0 Å². The maximum atomic E-state index is 12.3. The molecule has 1 aromatic rings. The normalized spacial score (nSPS) is 22.7. The summed E-state index contributed by atoms with van der Waals surface area (Å²) in [5.74, 6) is 0.0441. The molecule has 0 radical (unpaired) electrons. The van der Waals surface area contributed by atoms with Gasteiger partial charge in [-0.25, -0.2) is 0 Å². The molecule has 3 nitrogen and oxygen atoms in total. The molecule has 19 heavy (non-hydrogen) atoms. The van der Waals surface area contributed by atoms with E-state index in [0.29, 0.717) is 29.7 Å². The van der Waals surface area contributed by atoms with Gasteiger partial charge < -0.3 is 10.1 Å². The minimum atomic E-state index is -0.102. The number of nitrogens with one attached hydrogen (secondary N) is 1. The van der Waals surface area contributed by atoms with Crippen LogP contribution in [0.1, 0.15) is 12.5 Å². The number of ether oxygens (including phenoxy) is 1. The predicted octanol–water partition coefficient (Wildman–Crippen LogP) is 2.73. The summed E-state index contributed by atoms with van der Waals surface area (Å²) in [6.07, 6.45) is 0.301. The van der Waals surface area contributed by atoms with Crippen LogP contribution < -0.4 is 5.32 Å². The molecule has 0 spiro atoms. The summed E-state index contributed by atoms with van der Waals surface area (Å²) in [6.45, 7) is 3.92. The zero-order valence-electron chi connectivity index (χ0n) is 10.8. The van der Waals surface area contributed by atoms with Gasteiger partial charge in [-0.05, 0) is 18.2 Å². The van der Waals surface area contributed by atoms with Crippen molar-refractivity contribution in [1.82, 2.24) is 5.32 Å². The van der Waals surface area contributed by atoms with Crippen LogP contribution in [0.5, 0.6) is 0 Å². The highest BCUT2D eigenvalue weighted by molar-refractivity contribution is 6.42. The molecule has 2 rings (SSSR count). The summed E-state index contributed by atoms with van der Waals surface area (Å²) in [5.41, 5.74) is 0.779. The number of carbonyl (C=O) groups is 1. The number of halogens is 2. The lowest BCUT2D eigenvalue weighted by Gasteiger charge is -2.17. The van der Waals surface area contributed by atoms with Gasteiger partial charge in [0.1, 0.15) is 5.78 Å². The van der Waals surface area contributed by atoms with Gasteiger partial charge in [0.2, 0.25) is 0 Å². The number of hydrogen-bond acceptors (Lipinski definition) is 3. The van der Waals surface area contributed by atoms with Crippen molar-refractivity contribution in [2.75, 3.05) is 19.8 Å². The molecule has 1 aliphatic heterocycles. The highest BCUT2D eigenvalue weighted by Gasteiger charge is 2.33. The van der Waals surface area contributed by atoms with Crippen LogP contribution in [0.2, 0.25) is 10.0 Å². The van der Waals surface area contributed by atoms with Crippen LogP contribution in [0.3, 0.4) is 0 Å². The average molecular weight is 302 g/mol. The van der Waals surface area contributed by atoms with Crippen molar-refractivity contribution in [3.8, 4) is 0 Å². The first kappa shape index (κ1) is 14.8. The van der Waals surface area contributed by atoms with Gasteiger partial charge in [-0.3, -0.25) is 4.79 Å². The van der Waals surface area contributed by atoms with E-state index in [0.717, 1.165) is 12.1 Å². The molecule has 0 aromatic heterocycles. The van der Waals surface area contributed by atoms with E-state index >= 15 is 0 Å². The van der Waals surface area contributed by atoms with E-state index in [9.17, 15) is 4.79 Å². The number of benzene rings is 1. The van der Waals surface area contributed by atoms with Crippen molar-refractivity contribution in [2.45, 2.75) is 19.4 Å². The minimum absolute atomic E-state index is 0.102. The summed E-state index contributed by atoms with van der Waals surface area (Å²) in [7, 11) is 0. The second-order valence-electron chi connectivity index (χ2n) is 4.66. The first-order chi connectivity index (χ1) is 9.13. The Balaban J connectivity index is 2.06. The first-order valence-corrected chi connectivity index (χ1v) is 7.15. The van der Waals surface area contributed by atoms with Gasteiger partial charge in [-0.1, -0.05) is 42.3 Å². The second-order valence-corrected chi connectivity index (χ2v) is 5.45. The van der Waals surface area contributed by atoms with E-state index in [1.807, 2.05) is 19.1 Å². The van der Waals surface area contributed by atoms with E-state index in [2.05, 4.69) is 5.32 Å². The Morgan fingerprint density at radius 3 is 2.95 bits per heavy atom. The van der Waals surface area contributed by atoms with Gasteiger partial charge in [-0.2, -0.15) is 0 Å². The van der Waals surface area contributed by atoms with Crippen LogP contribution in [0, 0.1) is 5.92 Å². The second kappa shape index (κ2) is 6.71. The largest absolute Gasteiger partial charge is 0.379 e. The van der Waals surface area contributed by atoms with Crippen molar-refractivity contribution in [3.63, 3.8) is 0 Å². The smallest absolute Gasteiger partial charge is 0.144 e. The summed E-state index contributed by atoms with van der Waals surface area (Å²) in [4.78, 5) is 12.3. The molecule has 0 aliphatic carbocycles. The van der Waals surface area contributed by atoms with Crippen LogP contribution in [0.4, 0.5) is 0 Å². The first-order valence-electron chi connectivity index (χ1n) is 6.40. The van der Waals surface area contributed by atoms with Crippen molar-refractivity contribution in [2.24, 2.45) is 5.92 Å². The Labute approximate surface area is 123 Å². The maximum Gasteiger partial charge on any atom is 0.144 e. The van der Waals surface area contributed by atoms with Crippen LogP contribution in [-0.2, 0) is 16.0 Å². The zero-order valence-corrected chi connectivity index (χ0v) is 12.3. The van der Waals surface area contributed by atoms with Gasteiger partial charge >= 0.3 is 0 Å². The standard InChI is InChI=1S/C14H17Cl2NO2/c1-2-17-12-8-19-7-10(12)13(18)6-9-4-3-5-11(15)14(9)16/h3-5,10,12,17H,2,6-8H2,1H3. The number of ketones is 1. The summed E-state index contributed by atoms with van der Waals surface area (Å²) >= 11 is 12.1. The predicted molar refractivity (Wildman–Crippen MR) is 76.9 cm³/mol. The Hall–Kier alpha value is -0.610. The number of hydrogen-bond donors (Lipinski definition) is 1. The van der Waals surface area contributed by atoms with E-state index in [1.54, 1.807) is 6.07 Å². The summed E-state index contributed by atoms with van der Waals surface area (Å²) in [6, 6.07) is 5.47. The Morgan fingerprint density at radius 1 is 1.42 bits per heavy atom. The third kappa shape index (κ3) is 3.48. The molecule has 1 aromatic carbocycles. The van der Waals surface area contributed by atoms with Crippen LogP contribution in [-0.4, -0.2) is 31.6 Å². The van der Waals surface area contributed by atoms with Crippen molar-refractivity contribution < 1.29 is 9.53 Å². The summed E-state index contributed by atoms with van der Waals surface area (Å²) in [5, 5.41) is 4.24. The van der Waals surface area contributed by atoms with Gasteiger partial charge in [0.25, 0.3) is 0 Å². The third-order valence-corrected chi connectivity index (χ3v) is 4.21. The molecule has 2 atom stereocenters. The molecular weight excluding hydrogens is 285 g/mol. The SMILES string of the molecule is CCNC1COCC1C(=O)Cc1cccc(Cl)c1Cl. The highest BCUT2D eigenvalue weighted by Crippen LogP contribution is 2.27. The van der Waals surface area contributed by atoms with Gasteiger partial charge in [-0.15, -0.1) is 0 Å². The Morgan fingerprint density at radius 2 is 2.21 bits per heavy atom. The molecule has 1 saturated heterocycles. The fourth-order valence-corrected chi connectivity index (χ4v) is 2.73. The molecule has 0 bridgehead atoms. The number of rotatable bonds is 5. The molecule has 2 unspecified atom stereocenters. The van der Waals surface area contributed by atoms with Crippen molar-refractivity contribution in [3.05, 3.63) is 33.8 Å². The Bertz CT molecular complexity index is 465. The molecule has 0 saturated carbocycles. The van der Waals surface area contributed by atoms with Crippen molar-refractivity contribution >= 4 is 29.0 Å². The number of Topliss-reactive ketones (excluding diaryl/α,β-unsaturated/α-hetero) is 1. The van der Waals surface area contributed by atoms with E-state index in [-0.39, 0.29) is 17.7 Å². The van der Waals surface area contributed by atoms with E-state index in [1.165, 1.54) is 0 Å². The van der Waals surface area contributed by atoms with Gasteiger partial charge in [0.05, 0.1) is 29.2 Å². The zero-order chi connectivity index (χ0) is 13.8. The molecule has 104 valence electrons. The molecular formula is C14H17Cl2NO2. The minimum Gasteiger partial charge on any atom is -0.379 e. The molecule has 5 heteroatoms. The van der Waals surface area contributed by atoms with Crippen LogP contribution >= 0.6 is 23.2 Å². The lowest BCUT2D eigenvalue weighted by atomic mass is 9.93. The van der Waals surface area contributed by atoms with Crippen molar-refractivity contribution in [1.29, 1.82) is 0 Å². The average Bonchev–Trinajstić information content (AvgIpc) is 2.84. The van der Waals surface area contributed by atoms with E-state index in [4.69, 9.17) is 27.9 Å². The fraction of sp³-hybridized carbons (Fsp3) is 0.500. The van der Waals surface area contributed by atoms with Gasteiger partial charge in [0, 0.05) is 12.5 Å². The lowest BCUT2D eigenvalue weighted by molar-refractivity contribution is -0.122. The van der Waals surface area contributed by atoms with Gasteiger partial charge in [0.15, 0.2) is 0 Å². The molecule has 1 aliphatic rings. The maximum absolute atomic E-state index is 12.3. The lowest BCUT2D eigenvalue weighted by Crippen LogP contribution is -2.39. The third-order valence-electron chi connectivity index (χ3n) is 3.36. The highest BCUT2D eigenvalue weighted by atomic mass is 35.5. The molecule has 1 N–H and O–H groups in total. The molecule has 1 heterocycles. The number of carbonyl (C=O) groups excluding carboxylic acids is 1. The molecule has 0 amide bonds. The topological polar surface area (TPSA) is 38.3 Å². The number of likely N-dealkylation sites (N-methyl/N-ethyl adjacent to an activating group) is 1. The fourth-order valence-electron chi connectivity index (χ4n) is 2.34. The molecule has 1 fully saturated rings. The summed E-state index contributed by atoms with van der Waals surface area (Å²) < 4.78 is 5.39. The monoisotopic (exact) mass is 301 g/mol. The van der Waals surface area contributed by atoms with Crippen LogP contribution in [0.15, 0.2) is 18.2 Å². The quantitative estimate of drug-likeness (QED) is 0.909.